The molecule has 0 saturated carbocycles. The van der Waals surface area contributed by atoms with Crippen LogP contribution in [0.1, 0.15) is 11.5 Å². The molecular weight excluding hydrogens is 402 g/mol. The third kappa shape index (κ3) is 4.60. The van der Waals surface area contributed by atoms with Gasteiger partial charge in [-0.1, -0.05) is 41.2 Å². The smallest absolute Gasteiger partial charge is 0.387 e. The van der Waals surface area contributed by atoms with Crippen LogP contribution in [0.2, 0.25) is 0 Å². The fraction of sp³-hybridized carbons (Fsp3) is 0.158. The summed E-state index contributed by atoms with van der Waals surface area (Å²) in [5, 5.41) is 12.3. The summed E-state index contributed by atoms with van der Waals surface area (Å²) in [4.78, 5) is 4.39. The number of halogens is 2. The first kappa shape index (κ1) is 19.1. The van der Waals surface area contributed by atoms with Gasteiger partial charge in [-0.25, -0.2) is 0 Å². The Hall–Kier alpha value is -3.27. The summed E-state index contributed by atoms with van der Waals surface area (Å²) in [5.74, 6) is 1.64. The van der Waals surface area contributed by atoms with Crippen molar-refractivity contribution in [2.75, 3.05) is 0 Å². The van der Waals surface area contributed by atoms with E-state index in [2.05, 4.69) is 25.1 Å². The Morgan fingerprint density at radius 2 is 1.86 bits per heavy atom. The van der Waals surface area contributed by atoms with Crippen LogP contribution in [0.5, 0.6) is 5.75 Å². The van der Waals surface area contributed by atoms with Gasteiger partial charge in [-0.15, -0.1) is 10.2 Å². The Morgan fingerprint density at radius 3 is 2.62 bits per heavy atom. The van der Waals surface area contributed by atoms with E-state index in [0.29, 0.717) is 28.3 Å². The molecule has 0 fully saturated rings. The first-order valence-corrected chi connectivity index (χ1v) is 9.47. The van der Waals surface area contributed by atoms with Crippen LogP contribution in [0.3, 0.4) is 0 Å². The second-order valence-electron chi connectivity index (χ2n) is 5.89. The second-order valence-corrected chi connectivity index (χ2v) is 6.82. The van der Waals surface area contributed by atoms with Gasteiger partial charge in [-0.3, -0.25) is 0 Å². The van der Waals surface area contributed by atoms with Crippen molar-refractivity contribution in [2.24, 2.45) is 0 Å². The monoisotopic (exact) mass is 416 g/mol. The third-order valence-corrected chi connectivity index (χ3v) is 4.71. The molecule has 29 heavy (non-hydrogen) atoms. The number of rotatable bonds is 7. The van der Waals surface area contributed by atoms with Crippen LogP contribution in [-0.2, 0) is 5.75 Å². The maximum absolute atomic E-state index is 12.2. The normalized spacial score (nSPS) is 11.2. The minimum atomic E-state index is -2.87. The van der Waals surface area contributed by atoms with Crippen molar-refractivity contribution < 1.29 is 22.5 Å². The third-order valence-electron chi connectivity index (χ3n) is 3.91. The van der Waals surface area contributed by atoms with Crippen molar-refractivity contribution in [1.29, 1.82) is 0 Å². The lowest BCUT2D eigenvalue weighted by atomic mass is 10.1. The molecule has 4 rings (SSSR count). The van der Waals surface area contributed by atoms with Crippen LogP contribution < -0.4 is 4.74 Å². The van der Waals surface area contributed by atoms with Gasteiger partial charge in [0.25, 0.3) is 5.22 Å². The summed E-state index contributed by atoms with van der Waals surface area (Å²) in [5.41, 5.74) is 2.55. The summed E-state index contributed by atoms with van der Waals surface area (Å²) in [6, 6.07) is 13.7. The van der Waals surface area contributed by atoms with Crippen LogP contribution in [0.15, 0.2) is 62.7 Å². The Kier molecular flexibility index (Phi) is 5.52. The summed E-state index contributed by atoms with van der Waals surface area (Å²) in [6.07, 6.45) is 0. The van der Waals surface area contributed by atoms with Gasteiger partial charge in [0.1, 0.15) is 5.75 Å². The van der Waals surface area contributed by atoms with Crippen LogP contribution >= 0.6 is 11.8 Å². The Bertz CT molecular complexity index is 1100. The van der Waals surface area contributed by atoms with Crippen molar-refractivity contribution in [3.63, 3.8) is 0 Å². The summed E-state index contributed by atoms with van der Waals surface area (Å²) >= 11 is 1.25. The Labute approximate surface area is 168 Å². The highest BCUT2D eigenvalue weighted by Crippen LogP contribution is 2.28. The van der Waals surface area contributed by atoms with Crippen molar-refractivity contribution in [1.82, 2.24) is 20.3 Å². The number of aromatic nitrogens is 4. The SMILES string of the molecule is Cc1ccccc1-c1noc(CSc2nnc(-c3ccc(OC(F)F)cc3)o2)n1. The van der Waals surface area contributed by atoms with Gasteiger partial charge in [0.2, 0.25) is 17.6 Å². The predicted octanol–water partition coefficient (Wildman–Crippen LogP) is 4.99. The number of nitrogens with zero attached hydrogens (tertiary/aromatic N) is 4. The topological polar surface area (TPSA) is 87.1 Å². The van der Waals surface area contributed by atoms with E-state index < -0.39 is 6.61 Å². The van der Waals surface area contributed by atoms with Gasteiger partial charge in [0.15, 0.2) is 0 Å². The highest BCUT2D eigenvalue weighted by molar-refractivity contribution is 7.98. The fourth-order valence-electron chi connectivity index (χ4n) is 2.53. The van der Waals surface area contributed by atoms with E-state index in [-0.39, 0.29) is 11.6 Å². The van der Waals surface area contributed by atoms with Crippen LogP contribution in [0.25, 0.3) is 22.8 Å². The molecule has 0 atom stereocenters. The fourth-order valence-corrected chi connectivity index (χ4v) is 3.13. The molecule has 0 N–H and O–H groups in total. The number of hydrogen-bond acceptors (Lipinski definition) is 8. The Morgan fingerprint density at radius 1 is 1.07 bits per heavy atom. The molecule has 0 aliphatic rings. The van der Waals surface area contributed by atoms with E-state index in [1.54, 1.807) is 12.1 Å². The van der Waals surface area contributed by atoms with Crippen molar-refractivity contribution in [3.05, 3.63) is 60.0 Å². The number of alkyl halides is 2. The highest BCUT2D eigenvalue weighted by Gasteiger charge is 2.14. The minimum absolute atomic E-state index is 0.0544. The van der Waals surface area contributed by atoms with Gasteiger partial charge in [0, 0.05) is 11.1 Å². The zero-order chi connectivity index (χ0) is 20.2. The summed E-state index contributed by atoms with van der Waals surface area (Å²) < 4.78 is 39.6. The Balaban J connectivity index is 1.39. The van der Waals surface area contributed by atoms with Crippen molar-refractivity contribution >= 4 is 11.8 Å². The molecular formula is C19H14F2N4O3S. The van der Waals surface area contributed by atoms with E-state index in [1.807, 2.05) is 31.2 Å². The quantitative estimate of drug-likeness (QED) is 0.390. The number of benzene rings is 2. The molecule has 4 aromatic rings. The minimum Gasteiger partial charge on any atom is -0.435 e. The molecule has 7 nitrogen and oxygen atoms in total. The molecule has 0 radical (unpaired) electrons. The van der Waals surface area contributed by atoms with Gasteiger partial charge in [0.05, 0.1) is 5.75 Å². The average molecular weight is 416 g/mol. The molecule has 2 heterocycles. The van der Waals surface area contributed by atoms with Crippen LogP contribution in [0.4, 0.5) is 8.78 Å². The largest absolute Gasteiger partial charge is 0.435 e. The van der Waals surface area contributed by atoms with E-state index in [0.717, 1.165) is 11.1 Å². The number of thioether (sulfide) groups is 1. The molecule has 0 bridgehead atoms. The van der Waals surface area contributed by atoms with Gasteiger partial charge < -0.3 is 13.7 Å². The molecule has 0 saturated heterocycles. The molecule has 0 unspecified atom stereocenters. The molecule has 0 amide bonds. The zero-order valence-electron chi connectivity index (χ0n) is 15.1. The standard InChI is InChI=1S/C19H14F2N4O3S/c1-11-4-2-3-5-14(11)16-22-15(28-25-16)10-29-19-24-23-17(27-19)12-6-8-13(9-7-12)26-18(20)21/h2-9,18H,10H2,1H3. The lowest BCUT2D eigenvalue weighted by Gasteiger charge is -2.03. The summed E-state index contributed by atoms with van der Waals surface area (Å²) in [7, 11) is 0. The molecule has 2 aromatic heterocycles. The van der Waals surface area contributed by atoms with E-state index in [1.165, 1.54) is 23.9 Å². The maximum Gasteiger partial charge on any atom is 0.387 e. The highest BCUT2D eigenvalue weighted by atomic mass is 32.2. The van der Waals surface area contributed by atoms with Crippen molar-refractivity contribution in [3.8, 4) is 28.6 Å². The lowest BCUT2D eigenvalue weighted by molar-refractivity contribution is -0.0498. The zero-order valence-corrected chi connectivity index (χ0v) is 15.9. The van der Waals surface area contributed by atoms with Gasteiger partial charge in [-0.05, 0) is 36.8 Å². The number of aryl methyl sites for hydroxylation is 1. The molecule has 148 valence electrons. The second kappa shape index (κ2) is 8.39. The average Bonchev–Trinajstić information content (AvgIpc) is 3.36. The lowest BCUT2D eigenvalue weighted by Crippen LogP contribution is -2.01. The molecule has 2 aromatic carbocycles. The van der Waals surface area contributed by atoms with E-state index in [4.69, 9.17) is 8.94 Å². The number of hydrogen-bond donors (Lipinski definition) is 0. The molecule has 0 spiro atoms. The summed E-state index contributed by atoms with van der Waals surface area (Å²) in [6.45, 7) is -0.894. The van der Waals surface area contributed by atoms with Crippen LogP contribution in [0, 0.1) is 6.92 Å². The van der Waals surface area contributed by atoms with Gasteiger partial charge in [-0.2, -0.15) is 13.8 Å². The van der Waals surface area contributed by atoms with Gasteiger partial charge >= 0.3 is 6.61 Å². The first-order chi connectivity index (χ1) is 14.1. The van der Waals surface area contributed by atoms with E-state index >= 15 is 0 Å². The maximum atomic E-state index is 12.2. The number of ether oxygens (including phenoxy) is 1. The van der Waals surface area contributed by atoms with Crippen LogP contribution in [-0.4, -0.2) is 26.9 Å². The van der Waals surface area contributed by atoms with E-state index in [9.17, 15) is 8.78 Å². The molecule has 0 aliphatic heterocycles. The van der Waals surface area contributed by atoms with Crippen molar-refractivity contribution in [2.45, 2.75) is 24.5 Å². The molecule has 0 aliphatic carbocycles. The predicted molar refractivity (Wildman–Crippen MR) is 100 cm³/mol. The first-order valence-electron chi connectivity index (χ1n) is 8.48. The molecule has 10 heteroatoms.